The second-order valence-corrected chi connectivity index (χ2v) is 8.41. The third-order valence-corrected chi connectivity index (χ3v) is 6.33. The molecule has 4 N–H and O–H groups in total. The number of nitrogens with zero attached hydrogens (tertiary/aromatic N) is 3. The van der Waals surface area contributed by atoms with Crippen molar-refractivity contribution in [2.75, 3.05) is 10.5 Å². The van der Waals surface area contributed by atoms with E-state index in [4.69, 9.17) is 17.3 Å². The number of sulfonamides is 1. The van der Waals surface area contributed by atoms with Gasteiger partial charge >= 0.3 is 0 Å². The van der Waals surface area contributed by atoms with Crippen LogP contribution < -0.4 is 10.5 Å². The van der Waals surface area contributed by atoms with Gasteiger partial charge in [0.25, 0.3) is 10.0 Å². The van der Waals surface area contributed by atoms with Gasteiger partial charge in [-0.25, -0.2) is 17.8 Å². The van der Waals surface area contributed by atoms with Crippen molar-refractivity contribution in [3.63, 3.8) is 0 Å². The number of aliphatic hydroxyl groups is 1. The monoisotopic (exact) mass is 447 g/mol. The highest BCUT2D eigenvalue weighted by atomic mass is 35.5. The minimum absolute atomic E-state index is 0.0189. The van der Waals surface area contributed by atoms with Crippen LogP contribution in [0.3, 0.4) is 0 Å². The third kappa shape index (κ3) is 3.45. The molecule has 0 unspecified atom stereocenters. The molecule has 0 saturated heterocycles. The fraction of sp³-hybridized carbons (Fsp3) is 0.0526. The van der Waals surface area contributed by atoms with Crippen LogP contribution in [-0.4, -0.2) is 28.1 Å². The lowest BCUT2D eigenvalue weighted by atomic mass is 10.1. The topological polar surface area (TPSA) is 123 Å². The molecule has 0 saturated carbocycles. The molecule has 0 fully saturated rings. The number of halogens is 2. The Morgan fingerprint density at radius 1 is 1.17 bits per heavy atom. The summed E-state index contributed by atoms with van der Waals surface area (Å²) in [4.78, 5) is 4.07. The number of hydrogen-bond acceptors (Lipinski definition) is 6. The molecular formula is C19H15ClFN5O3S. The predicted molar refractivity (Wildman–Crippen MR) is 111 cm³/mol. The van der Waals surface area contributed by atoms with Gasteiger partial charge in [-0.3, -0.25) is 4.72 Å². The predicted octanol–water partition coefficient (Wildman–Crippen LogP) is 3.06. The number of fused-ring (bicyclic) bond motifs is 1. The van der Waals surface area contributed by atoms with Crippen LogP contribution in [0.15, 0.2) is 59.8 Å². The number of aromatic nitrogens is 3. The Morgan fingerprint density at radius 3 is 2.63 bits per heavy atom. The molecule has 0 radical (unpaired) electrons. The Labute approximate surface area is 175 Å². The van der Waals surface area contributed by atoms with Crippen LogP contribution in [0.1, 0.15) is 5.56 Å². The maximum absolute atomic E-state index is 14.8. The quantitative estimate of drug-likeness (QED) is 0.432. The summed E-state index contributed by atoms with van der Waals surface area (Å²) < 4.78 is 43.5. The highest BCUT2D eigenvalue weighted by Gasteiger charge is 2.19. The molecule has 154 valence electrons. The highest BCUT2D eigenvalue weighted by Crippen LogP contribution is 2.31. The Kier molecular flexibility index (Phi) is 5.06. The van der Waals surface area contributed by atoms with Gasteiger partial charge < -0.3 is 10.8 Å². The highest BCUT2D eigenvalue weighted by molar-refractivity contribution is 7.92. The van der Waals surface area contributed by atoms with E-state index in [1.54, 1.807) is 6.07 Å². The molecule has 4 aromatic rings. The van der Waals surface area contributed by atoms with E-state index < -0.39 is 15.8 Å². The zero-order valence-corrected chi connectivity index (χ0v) is 16.8. The first kappa shape index (κ1) is 20.1. The minimum Gasteiger partial charge on any atom is -0.391 e. The number of hydrogen-bond donors (Lipinski definition) is 3. The van der Waals surface area contributed by atoms with Crippen molar-refractivity contribution in [2.45, 2.75) is 11.5 Å². The van der Waals surface area contributed by atoms with E-state index in [0.717, 1.165) is 6.07 Å². The summed E-state index contributed by atoms with van der Waals surface area (Å²) in [7, 11) is -4.00. The van der Waals surface area contributed by atoms with E-state index in [-0.39, 0.29) is 39.2 Å². The number of benzene rings is 2. The van der Waals surface area contributed by atoms with E-state index >= 15 is 0 Å². The van der Waals surface area contributed by atoms with Crippen LogP contribution in [0.4, 0.5) is 15.9 Å². The smallest absolute Gasteiger partial charge is 0.263 e. The van der Waals surface area contributed by atoms with Crippen molar-refractivity contribution in [1.29, 1.82) is 0 Å². The molecule has 0 aliphatic heterocycles. The Morgan fingerprint density at radius 2 is 1.93 bits per heavy atom. The first-order valence-electron chi connectivity index (χ1n) is 8.61. The lowest BCUT2D eigenvalue weighted by Crippen LogP contribution is -2.13. The summed E-state index contributed by atoms with van der Waals surface area (Å²) in [5.41, 5.74) is 7.36. The number of nitrogens with two attached hydrogens (primary N) is 1. The van der Waals surface area contributed by atoms with E-state index in [0.29, 0.717) is 11.2 Å². The van der Waals surface area contributed by atoms with Crippen molar-refractivity contribution in [3.8, 4) is 11.1 Å². The van der Waals surface area contributed by atoms with Gasteiger partial charge in [0.15, 0.2) is 5.65 Å². The van der Waals surface area contributed by atoms with Crippen molar-refractivity contribution in [2.24, 2.45) is 0 Å². The third-order valence-electron chi connectivity index (χ3n) is 4.44. The minimum atomic E-state index is -4.00. The lowest BCUT2D eigenvalue weighted by Gasteiger charge is -2.12. The number of nitrogen functional groups attached to an aromatic ring is 1. The molecule has 2 aromatic carbocycles. The number of anilines is 2. The molecule has 2 aromatic heterocycles. The summed E-state index contributed by atoms with van der Waals surface area (Å²) in [6.07, 6.45) is 2.79. The number of rotatable bonds is 5. The fourth-order valence-corrected chi connectivity index (χ4v) is 4.55. The van der Waals surface area contributed by atoms with Crippen molar-refractivity contribution in [3.05, 3.63) is 71.3 Å². The Hall–Kier alpha value is -3.21. The zero-order chi connectivity index (χ0) is 21.5. The maximum atomic E-state index is 14.8. The largest absolute Gasteiger partial charge is 0.391 e. The fourth-order valence-electron chi connectivity index (χ4n) is 2.98. The summed E-state index contributed by atoms with van der Waals surface area (Å²) >= 11 is 5.95. The van der Waals surface area contributed by atoms with Gasteiger partial charge in [-0.15, -0.1) is 0 Å². The van der Waals surface area contributed by atoms with E-state index in [2.05, 4.69) is 14.8 Å². The molecule has 0 bridgehead atoms. The molecule has 0 atom stereocenters. The molecule has 11 heteroatoms. The summed E-state index contributed by atoms with van der Waals surface area (Å²) in [6.45, 7) is -0.260. The molecule has 8 nitrogen and oxygen atoms in total. The maximum Gasteiger partial charge on any atom is 0.263 e. The zero-order valence-electron chi connectivity index (χ0n) is 15.3. The van der Waals surface area contributed by atoms with Gasteiger partial charge in [0.2, 0.25) is 0 Å². The first-order chi connectivity index (χ1) is 14.3. The standard InChI is InChI=1S/C19H15ClFN5O3S/c20-15-3-1-2-4-17(15)30(28,29)25-12-5-6-13(16(21)7-12)14-9-23-19-11(10-27)8-24-26(19)18(14)22/h1-9,25,27H,10,22H2. The van der Waals surface area contributed by atoms with Crippen LogP contribution in [0.25, 0.3) is 16.8 Å². The van der Waals surface area contributed by atoms with Crippen molar-refractivity contribution >= 4 is 38.8 Å². The average Bonchev–Trinajstić information content (AvgIpc) is 3.13. The molecular weight excluding hydrogens is 433 g/mol. The second-order valence-electron chi connectivity index (χ2n) is 6.35. The van der Waals surface area contributed by atoms with Gasteiger partial charge in [-0.05, 0) is 30.3 Å². The number of nitrogens with one attached hydrogen (secondary N) is 1. The normalized spacial score (nSPS) is 11.7. The number of aliphatic hydroxyl groups excluding tert-OH is 1. The molecule has 4 rings (SSSR count). The molecule has 0 aliphatic carbocycles. The summed E-state index contributed by atoms with van der Waals surface area (Å²) in [5, 5.41) is 13.4. The molecule has 0 spiro atoms. The summed E-state index contributed by atoms with van der Waals surface area (Å²) in [5.74, 6) is -0.584. The van der Waals surface area contributed by atoms with Crippen LogP contribution in [-0.2, 0) is 16.6 Å². The van der Waals surface area contributed by atoms with Crippen molar-refractivity contribution < 1.29 is 17.9 Å². The van der Waals surface area contributed by atoms with Crippen LogP contribution in [0, 0.1) is 5.82 Å². The SMILES string of the molecule is Nc1c(-c2ccc(NS(=O)(=O)c3ccccc3Cl)cc2F)cnc2c(CO)cnn12. The molecule has 0 aliphatic rings. The van der Waals surface area contributed by atoms with Crippen LogP contribution in [0.2, 0.25) is 5.02 Å². The van der Waals surface area contributed by atoms with E-state index in [1.165, 1.54) is 47.2 Å². The molecule has 0 amide bonds. The van der Waals surface area contributed by atoms with Crippen molar-refractivity contribution in [1.82, 2.24) is 14.6 Å². The lowest BCUT2D eigenvalue weighted by molar-refractivity contribution is 0.283. The van der Waals surface area contributed by atoms with Crippen LogP contribution >= 0.6 is 11.6 Å². The molecule has 2 heterocycles. The van der Waals surface area contributed by atoms with Gasteiger partial charge in [0, 0.05) is 22.9 Å². The van der Waals surface area contributed by atoms with Gasteiger partial charge in [-0.1, -0.05) is 23.7 Å². The first-order valence-corrected chi connectivity index (χ1v) is 10.5. The van der Waals surface area contributed by atoms with Crippen LogP contribution in [0.5, 0.6) is 0 Å². The van der Waals surface area contributed by atoms with Gasteiger partial charge in [0.05, 0.1) is 23.5 Å². The van der Waals surface area contributed by atoms with E-state index in [9.17, 15) is 17.9 Å². The summed E-state index contributed by atoms with van der Waals surface area (Å²) in [6, 6.07) is 9.76. The molecule has 30 heavy (non-hydrogen) atoms. The van der Waals surface area contributed by atoms with Gasteiger partial charge in [0.1, 0.15) is 16.5 Å². The Bertz CT molecular complexity index is 1370. The second kappa shape index (κ2) is 7.56. The van der Waals surface area contributed by atoms with Gasteiger partial charge in [-0.2, -0.15) is 9.61 Å². The van der Waals surface area contributed by atoms with E-state index in [1.807, 2.05) is 0 Å². The average molecular weight is 448 g/mol. The Balaban J connectivity index is 1.70.